The highest BCUT2D eigenvalue weighted by molar-refractivity contribution is 5.60. The first-order chi connectivity index (χ1) is 5.76. The normalized spacial score (nSPS) is 28.7. The van der Waals surface area contributed by atoms with Crippen molar-refractivity contribution in [3.63, 3.8) is 0 Å². The van der Waals surface area contributed by atoms with E-state index in [4.69, 9.17) is 14.2 Å². The molecule has 1 atom stereocenters. The minimum absolute atomic E-state index is 0.493. The van der Waals surface area contributed by atoms with Crippen LogP contribution in [0, 0.1) is 0 Å². The first-order valence-corrected chi connectivity index (χ1v) is 3.68. The molecule has 1 unspecified atom stereocenters. The third-order valence-corrected chi connectivity index (χ3v) is 1.90. The lowest BCUT2D eigenvalue weighted by Crippen LogP contribution is -2.37. The van der Waals surface area contributed by atoms with E-state index in [-0.39, 0.29) is 0 Å². The molecule has 0 aromatic carbocycles. The number of carbonyl (C=O) groups excluding carboxylic acids is 1. The Morgan fingerprint density at radius 3 is 2.75 bits per heavy atom. The summed E-state index contributed by atoms with van der Waals surface area (Å²) in [5.74, 6) is -0.369. The van der Waals surface area contributed by atoms with E-state index in [1.54, 1.807) is 7.11 Å². The van der Waals surface area contributed by atoms with Crippen LogP contribution in [0.5, 0.6) is 0 Å². The van der Waals surface area contributed by atoms with Crippen LogP contribution in [0.2, 0.25) is 0 Å². The summed E-state index contributed by atoms with van der Waals surface area (Å²) in [5.41, 5.74) is 0. The SMILES string of the molecule is COC1=COC(C=O)(OC)CC1. The first-order valence-electron chi connectivity index (χ1n) is 3.68. The maximum Gasteiger partial charge on any atom is 0.266 e. The Hall–Kier alpha value is -1.03. The fourth-order valence-electron chi connectivity index (χ4n) is 1.02. The molecule has 0 saturated carbocycles. The van der Waals surface area contributed by atoms with Gasteiger partial charge in [-0.2, -0.15) is 0 Å². The number of allylic oxidation sites excluding steroid dienone is 1. The van der Waals surface area contributed by atoms with Gasteiger partial charge in [-0.15, -0.1) is 0 Å². The molecule has 0 bridgehead atoms. The highest BCUT2D eigenvalue weighted by atomic mass is 16.7. The van der Waals surface area contributed by atoms with Crippen molar-refractivity contribution in [1.82, 2.24) is 0 Å². The lowest BCUT2D eigenvalue weighted by Gasteiger charge is -2.29. The minimum atomic E-state index is -1.10. The number of rotatable bonds is 3. The number of carbonyl (C=O) groups is 1. The maximum atomic E-state index is 10.6. The van der Waals surface area contributed by atoms with Gasteiger partial charge in [0.2, 0.25) is 0 Å². The summed E-state index contributed by atoms with van der Waals surface area (Å²) >= 11 is 0. The third kappa shape index (κ3) is 1.58. The summed E-state index contributed by atoms with van der Waals surface area (Å²) in [6.07, 6.45) is 3.23. The highest BCUT2D eigenvalue weighted by Gasteiger charge is 2.34. The molecule has 4 nitrogen and oxygen atoms in total. The standard InChI is InChI=1S/C8H12O4/c1-10-7-3-4-8(6-9,11-2)12-5-7/h5-6H,3-4H2,1-2H3. The smallest absolute Gasteiger partial charge is 0.266 e. The van der Waals surface area contributed by atoms with Crippen molar-refractivity contribution in [3.8, 4) is 0 Å². The third-order valence-electron chi connectivity index (χ3n) is 1.90. The van der Waals surface area contributed by atoms with Gasteiger partial charge in [0.15, 0.2) is 6.29 Å². The summed E-state index contributed by atoms with van der Waals surface area (Å²) in [4.78, 5) is 10.6. The summed E-state index contributed by atoms with van der Waals surface area (Å²) < 4.78 is 15.0. The summed E-state index contributed by atoms with van der Waals surface area (Å²) in [7, 11) is 3.01. The molecule has 0 aromatic rings. The molecule has 0 fully saturated rings. The van der Waals surface area contributed by atoms with Crippen molar-refractivity contribution in [2.24, 2.45) is 0 Å². The van der Waals surface area contributed by atoms with Gasteiger partial charge in [0, 0.05) is 20.0 Å². The van der Waals surface area contributed by atoms with Crippen molar-refractivity contribution in [3.05, 3.63) is 12.0 Å². The van der Waals surface area contributed by atoms with Crippen LogP contribution in [0.3, 0.4) is 0 Å². The fourth-order valence-corrected chi connectivity index (χ4v) is 1.02. The predicted molar refractivity (Wildman–Crippen MR) is 41.2 cm³/mol. The van der Waals surface area contributed by atoms with Gasteiger partial charge in [-0.1, -0.05) is 0 Å². The molecule has 0 N–H and O–H groups in total. The lowest BCUT2D eigenvalue weighted by atomic mass is 10.1. The number of ether oxygens (including phenoxy) is 3. The summed E-state index contributed by atoms with van der Waals surface area (Å²) in [6, 6.07) is 0. The molecule has 0 aliphatic carbocycles. The van der Waals surface area contributed by atoms with Gasteiger partial charge < -0.3 is 14.2 Å². The summed E-state index contributed by atoms with van der Waals surface area (Å²) in [5, 5.41) is 0. The summed E-state index contributed by atoms with van der Waals surface area (Å²) in [6.45, 7) is 0. The second kappa shape index (κ2) is 3.58. The average molecular weight is 172 g/mol. The minimum Gasteiger partial charge on any atom is -0.498 e. The van der Waals surface area contributed by atoms with Crippen LogP contribution in [-0.2, 0) is 19.0 Å². The van der Waals surface area contributed by atoms with Gasteiger partial charge in [0.1, 0.15) is 12.0 Å². The van der Waals surface area contributed by atoms with Crippen LogP contribution in [0.4, 0.5) is 0 Å². The molecule has 0 amide bonds. The molecule has 1 rings (SSSR count). The van der Waals surface area contributed by atoms with E-state index in [0.717, 1.165) is 5.76 Å². The topological polar surface area (TPSA) is 44.8 Å². The van der Waals surface area contributed by atoms with E-state index in [1.165, 1.54) is 13.4 Å². The van der Waals surface area contributed by atoms with Crippen molar-refractivity contribution in [2.45, 2.75) is 18.6 Å². The monoisotopic (exact) mass is 172 g/mol. The van der Waals surface area contributed by atoms with E-state index >= 15 is 0 Å². The van der Waals surface area contributed by atoms with Gasteiger partial charge in [-0.3, -0.25) is 4.79 Å². The largest absolute Gasteiger partial charge is 0.498 e. The van der Waals surface area contributed by atoms with Crippen molar-refractivity contribution < 1.29 is 19.0 Å². The Morgan fingerprint density at radius 2 is 2.42 bits per heavy atom. The second-order valence-corrected chi connectivity index (χ2v) is 2.54. The van der Waals surface area contributed by atoms with Gasteiger partial charge in [-0.25, -0.2) is 0 Å². The van der Waals surface area contributed by atoms with Crippen LogP contribution in [-0.4, -0.2) is 26.3 Å². The molecule has 4 heteroatoms. The molecule has 1 aliphatic heterocycles. The van der Waals surface area contributed by atoms with E-state index in [2.05, 4.69) is 0 Å². The number of methoxy groups -OCH3 is 2. The van der Waals surface area contributed by atoms with Gasteiger partial charge in [0.25, 0.3) is 5.79 Å². The van der Waals surface area contributed by atoms with Crippen LogP contribution in [0.25, 0.3) is 0 Å². The van der Waals surface area contributed by atoms with Crippen molar-refractivity contribution in [2.75, 3.05) is 14.2 Å². The van der Waals surface area contributed by atoms with E-state index in [9.17, 15) is 4.79 Å². The van der Waals surface area contributed by atoms with Crippen molar-refractivity contribution >= 4 is 6.29 Å². The predicted octanol–water partition coefficient (Wildman–Crippen LogP) is 0.826. The van der Waals surface area contributed by atoms with Crippen LogP contribution < -0.4 is 0 Å². The molecule has 12 heavy (non-hydrogen) atoms. The zero-order valence-electron chi connectivity index (χ0n) is 7.20. The van der Waals surface area contributed by atoms with Crippen LogP contribution in [0.1, 0.15) is 12.8 Å². The molecule has 0 radical (unpaired) electrons. The number of aldehydes is 1. The van der Waals surface area contributed by atoms with E-state index in [1.807, 2.05) is 0 Å². The van der Waals surface area contributed by atoms with E-state index in [0.29, 0.717) is 19.1 Å². The number of hydrogen-bond donors (Lipinski definition) is 0. The second-order valence-electron chi connectivity index (χ2n) is 2.54. The zero-order chi connectivity index (χ0) is 9.03. The number of hydrogen-bond acceptors (Lipinski definition) is 4. The molecular formula is C8H12O4. The molecule has 1 aliphatic rings. The maximum absolute atomic E-state index is 10.6. The van der Waals surface area contributed by atoms with Gasteiger partial charge >= 0.3 is 0 Å². The molecule has 68 valence electrons. The average Bonchev–Trinajstić information content (AvgIpc) is 2.18. The van der Waals surface area contributed by atoms with Crippen LogP contribution >= 0.6 is 0 Å². The fraction of sp³-hybridized carbons (Fsp3) is 0.625. The quantitative estimate of drug-likeness (QED) is 0.591. The Balaban J connectivity index is 2.65. The molecule has 0 aromatic heterocycles. The molecule has 0 spiro atoms. The lowest BCUT2D eigenvalue weighted by molar-refractivity contribution is -0.194. The Bertz CT molecular complexity index is 199. The Morgan fingerprint density at radius 1 is 1.67 bits per heavy atom. The Kier molecular flexibility index (Phi) is 2.70. The van der Waals surface area contributed by atoms with E-state index < -0.39 is 5.79 Å². The van der Waals surface area contributed by atoms with Gasteiger partial charge in [-0.05, 0) is 0 Å². The van der Waals surface area contributed by atoms with Gasteiger partial charge in [0.05, 0.1) is 7.11 Å². The zero-order valence-corrected chi connectivity index (χ0v) is 7.20. The molecular weight excluding hydrogens is 160 g/mol. The molecule has 1 heterocycles. The van der Waals surface area contributed by atoms with Crippen molar-refractivity contribution in [1.29, 1.82) is 0 Å². The first kappa shape index (κ1) is 9.06. The molecule has 0 saturated heterocycles. The highest BCUT2D eigenvalue weighted by Crippen LogP contribution is 2.26. The van der Waals surface area contributed by atoms with Crippen LogP contribution in [0.15, 0.2) is 12.0 Å². The Labute approximate surface area is 71.1 Å².